The molecule has 0 aromatic heterocycles. The molecular weight excluding hydrogens is 330 g/mol. The number of anilines is 1. The average Bonchev–Trinajstić information content (AvgIpc) is 2.60. The Morgan fingerprint density at radius 3 is 2.40 bits per heavy atom. The lowest BCUT2D eigenvalue weighted by Crippen LogP contribution is -2.32. The molecule has 0 saturated carbocycles. The van der Waals surface area contributed by atoms with Crippen LogP contribution in [0.25, 0.3) is 0 Å². The van der Waals surface area contributed by atoms with Gasteiger partial charge < -0.3 is 20.1 Å². The van der Waals surface area contributed by atoms with Gasteiger partial charge in [0, 0.05) is 11.3 Å². The molecule has 2 rings (SSSR count). The number of rotatable bonds is 7. The third-order valence-corrected chi connectivity index (χ3v) is 3.57. The summed E-state index contributed by atoms with van der Waals surface area (Å²) >= 11 is 0. The lowest BCUT2D eigenvalue weighted by molar-refractivity contribution is -0.0506. The zero-order valence-corrected chi connectivity index (χ0v) is 14.0. The van der Waals surface area contributed by atoms with Gasteiger partial charge in [-0.2, -0.15) is 8.78 Å². The summed E-state index contributed by atoms with van der Waals surface area (Å²) in [5.74, 6) is 0.726. The van der Waals surface area contributed by atoms with Crippen LogP contribution in [0.5, 0.6) is 11.5 Å². The molecule has 0 bridgehead atoms. The molecule has 2 N–H and O–H groups in total. The predicted octanol–water partition coefficient (Wildman–Crippen LogP) is 4.57. The van der Waals surface area contributed by atoms with E-state index < -0.39 is 18.7 Å². The van der Waals surface area contributed by atoms with Gasteiger partial charge in [0.15, 0.2) is 0 Å². The van der Waals surface area contributed by atoms with E-state index in [4.69, 9.17) is 4.74 Å². The Hall–Kier alpha value is -2.83. The van der Waals surface area contributed by atoms with Crippen molar-refractivity contribution in [3.05, 3.63) is 54.1 Å². The first kappa shape index (κ1) is 18.5. The Bertz CT molecular complexity index is 693. The molecule has 5 nitrogen and oxygen atoms in total. The maximum atomic E-state index is 12.5. The van der Waals surface area contributed by atoms with Crippen molar-refractivity contribution in [2.75, 3.05) is 12.4 Å². The molecule has 0 saturated heterocycles. The summed E-state index contributed by atoms with van der Waals surface area (Å²) in [5.41, 5.74) is 1.08. The normalized spacial score (nSPS) is 11.7. The minimum Gasteiger partial charge on any atom is -0.497 e. The van der Waals surface area contributed by atoms with Crippen LogP contribution in [0, 0.1) is 0 Å². The van der Waals surface area contributed by atoms with Crippen LogP contribution in [0.15, 0.2) is 48.5 Å². The van der Waals surface area contributed by atoms with E-state index in [9.17, 15) is 13.6 Å². The van der Waals surface area contributed by atoms with Crippen molar-refractivity contribution >= 4 is 11.7 Å². The molecule has 2 aromatic rings. The van der Waals surface area contributed by atoms with Crippen molar-refractivity contribution in [3.63, 3.8) is 0 Å². The summed E-state index contributed by atoms with van der Waals surface area (Å²) in [6.07, 6.45) is 0.514. The highest BCUT2D eigenvalue weighted by Crippen LogP contribution is 2.28. The highest BCUT2D eigenvalue weighted by Gasteiger charge is 2.18. The maximum absolute atomic E-state index is 12.5. The molecule has 25 heavy (non-hydrogen) atoms. The van der Waals surface area contributed by atoms with Crippen LogP contribution in [0.3, 0.4) is 0 Å². The summed E-state index contributed by atoms with van der Waals surface area (Å²) in [5, 5.41) is 5.46. The third kappa shape index (κ3) is 5.34. The fourth-order valence-corrected chi connectivity index (χ4v) is 2.37. The van der Waals surface area contributed by atoms with Crippen LogP contribution in [0.1, 0.15) is 24.9 Å². The van der Waals surface area contributed by atoms with Crippen molar-refractivity contribution < 1.29 is 23.0 Å². The second-order valence-electron chi connectivity index (χ2n) is 5.20. The fourth-order valence-electron chi connectivity index (χ4n) is 2.37. The maximum Gasteiger partial charge on any atom is 0.387 e. The number of carbonyl (C=O) groups is 1. The molecule has 2 aromatic carbocycles. The van der Waals surface area contributed by atoms with Crippen LogP contribution in [-0.4, -0.2) is 19.8 Å². The number of urea groups is 1. The molecule has 0 radical (unpaired) electrons. The van der Waals surface area contributed by atoms with Crippen molar-refractivity contribution in [1.82, 2.24) is 5.32 Å². The molecular formula is C18H20F2N2O3. The number of halogens is 2. The van der Waals surface area contributed by atoms with Crippen LogP contribution >= 0.6 is 0 Å². The number of benzene rings is 2. The quantitative estimate of drug-likeness (QED) is 0.769. The Morgan fingerprint density at radius 2 is 1.80 bits per heavy atom. The van der Waals surface area contributed by atoms with Gasteiger partial charge in [-0.1, -0.05) is 25.1 Å². The van der Waals surface area contributed by atoms with E-state index in [1.54, 1.807) is 49.6 Å². The first-order valence-electron chi connectivity index (χ1n) is 7.78. The number of hydrogen-bond acceptors (Lipinski definition) is 3. The SMILES string of the molecule is CC[C@H](NC(=O)Nc1ccc(OC)cc1)c1ccccc1OC(F)F. The summed E-state index contributed by atoms with van der Waals surface area (Å²) in [4.78, 5) is 12.2. The van der Waals surface area contributed by atoms with E-state index in [0.717, 1.165) is 0 Å². The first-order valence-corrected chi connectivity index (χ1v) is 7.78. The zero-order chi connectivity index (χ0) is 18.2. The van der Waals surface area contributed by atoms with E-state index in [1.807, 2.05) is 6.92 Å². The van der Waals surface area contributed by atoms with Crippen LogP contribution in [0.2, 0.25) is 0 Å². The molecule has 2 amide bonds. The summed E-state index contributed by atoms with van der Waals surface area (Å²) in [6.45, 7) is -1.08. The minimum atomic E-state index is -2.92. The number of ether oxygens (including phenoxy) is 2. The lowest BCUT2D eigenvalue weighted by Gasteiger charge is -2.20. The van der Waals surface area contributed by atoms with E-state index in [2.05, 4.69) is 15.4 Å². The van der Waals surface area contributed by atoms with Gasteiger partial charge in [-0.15, -0.1) is 0 Å². The second-order valence-corrected chi connectivity index (χ2v) is 5.20. The molecule has 7 heteroatoms. The molecule has 0 aliphatic carbocycles. The standard InChI is InChI=1S/C18H20F2N2O3/c1-3-15(14-6-4-5-7-16(14)25-17(19)20)22-18(23)21-12-8-10-13(24-2)11-9-12/h4-11,15,17H,3H2,1-2H3,(H2,21,22,23)/t15-/m0/s1. The van der Waals surface area contributed by atoms with Crippen molar-refractivity contribution in [2.24, 2.45) is 0 Å². The van der Waals surface area contributed by atoms with Crippen molar-refractivity contribution in [2.45, 2.75) is 26.0 Å². The van der Waals surface area contributed by atoms with Gasteiger partial charge in [-0.3, -0.25) is 0 Å². The summed E-state index contributed by atoms with van der Waals surface area (Å²) in [6, 6.07) is 12.4. The van der Waals surface area contributed by atoms with Crippen molar-refractivity contribution in [3.8, 4) is 11.5 Å². The first-order chi connectivity index (χ1) is 12.0. The van der Waals surface area contributed by atoms with Crippen LogP contribution < -0.4 is 20.1 Å². The average molecular weight is 350 g/mol. The van der Waals surface area contributed by atoms with E-state index in [1.165, 1.54) is 6.07 Å². The number of hydrogen-bond donors (Lipinski definition) is 2. The molecule has 1 atom stereocenters. The number of alkyl halides is 2. The van der Waals surface area contributed by atoms with Crippen LogP contribution in [0.4, 0.5) is 19.3 Å². The number of nitrogens with one attached hydrogen (secondary N) is 2. The molecule has 0 unspecified atom stereocenters. The van der Waals surface area contributed by atoms with Crippen LogP contribution in [-0.2, 0) is 0 Å². The van der Waals surface area contributed by atoms with Gasteiger partial charge >= 0.3 is 12.6 Å². The van der Waals surface area contributed by atoms with Gasteiger partial charge in [0.05, 0.1) is 13.2 Å². The highest BCUT2D eigenvalue weighted by molar-refractivity contribution is 5.89. The molecule has 0 aliphatic rings. The van der Waals surface area contributed by atoms with E-state index >= 15 is 0 Å². The Morgan fingerprint density at radius 1 is 1.12 bits per heavy atom. The summed E-state index contributed by atoms with van der Waals surface area (Å²) < 4.78 is 34.7. The largest absolute Gasteiger partial charge is 0.497 e. The molecule has 0 aliphatic heterocycles. The topological polar surface area (TPSA) is 59.6 Å². The van der Waals surface area contributed by atoms with E-state index in [0.29, 0.717) is 23.4 Å². The van der Waals surface area contributed by atoms with Gasteiger partial charge in [0.2, 0.25) is 0 Å². The zero-order valence-electron chi connectivity index (χ0n) is 14.0. The number of methoxy groups -OCH3 is 1. The number of carbonyl (C=O) groups excluding carboxylic acids is 1. The minimum absolute atomic E-state index is 0.0501. The molecule has 0 spiro atoms. The Labute approximate surface area is 144 Å². The van der Waals surface area contributed by atoms with E-state index in [-0.39, 0.29) is 5.75 Å². The highest BCUT2D eigenvalue weighted by atomic mass is 19.3. The van der Waals surface area contributed by atoms with Gasteiger partial charge in [0.1, 0.15) is 11.5 Å². The van der Waals surface area contributed by atoms with Gasteiger partial charge in [0.25, 0.3) is 0 Å². The third-order valence-electron chi connectivity index (χ3n) is 3.57. The van der Waals surface area contributed by atoms with Gasteiger partial charge in [-0.05, 0) is 36.8 Å². The second kappa shape index (κ2) is 8.86. The Kier molecular flexibility index (Phi) is 6.56. The fraction of sp³-hybridized carbons (Fsp3) is 0.278. The smallest absolute Gasteiger partial charge is 0.387 e. The molecule has 134 valence electrons. The molecule has 0 heterocycles. The van der Waals surface area contributed by atoms with Crippen molar-refractivity contribution in [1.29, 1.82) is 0 Å². The predicted molar refractivity (Wildman–Crippen MR) is 91.3 cm³/mol. The monoisotopic (exact) mass is 350 g/mol. The molecule has 0 fully saturated rings. The lowest BCUT2D eigenvalue weighted by atomic mass is 10.0. The summed E-state index contributed by atoms with van der Waals surface area (Å²) in [7, 11) is 1.56. The number of para-hydroxylation sites is 1. The number of amides is 2. The van der Waals surface area contributed by atoms with Gasteiger partial charge in [-0.25, -0.2) is 4.79 Å². The Balaban J connectivity index is 2.07.